The number of hydrogen-bond donors (Lipinski definition) is 2. The Balaban J connectivity index is 1.96. The summed E-state index contributed by atoms with van der Waals surface area (Å²) in [5, 5.41) is 12.3. The number of carbonyl (C=O) groups is 1. The van der Waals surface area contributed by atoms with Crippen LogP contribution in [-0.4, -0.2) is 29.1 Å². The Bertz CT molecular complexity index is 405. The van der Waals surface area contributed by atoms with Crippen LogP contribution in [0.3, 0.4) is 0 Å². The summed E-state index contributed by atoms with van der Waals surface area (Å²) in [6, 6.07) is 1.58. The molecule has 16 heavy (non-hydrogen) atoms. The second kappa shape index (κ2) is 4.39. The predicted molar refractivity (Wildman–Crippen MR) is 60.3 cm³/mol. The SMILES string of the molecule is O=C(NCC1(CO)CC1)c1cnccc1Cl. The molecule has 1 fully saturated rings. The molecule has 0 saturated heterocycles. The lowest BCUT2D eigenvalue weighted by atomic mass is 10.1. The highest BCUT2D eigenvalue weighted by Gasteiger charge is 2.42. The summed E-state index contributed by atoms with van der Waals surface area (Å²) in [4.78, 5) is 15.6. The van der Waals surface area contributed by atoms with Crippen molar-refractivity contribution in [3.8, 4) is 0 Å². The minimum atomic E-state index is -0.238. The maximum absolute atomic E-state index is 11.7. The Kier molecular flexibility index (Phi) is 3.12. The van der Waals surface area contributed by atoms with Crippen LogP contribution in [0, 0.1) is 5.41 Å². The Hall–Kier alpha value is -1.13. The molecule has 1 aromatic rings. The molecule has 0 aliphatic heterocycles. The van der Waals surface area contributed by atoms with Gasteiger partial charge in [-0.2, -0.15) is 0 Å². The van der Waals surface area contributed by atoms with Crippen LogP contribution in [-0.2, 0) is 0 Å². The van der Waals surface area contributed by atoms with Crippen LogP contribution in [0.5, 0.6) is 0 Å². The molecule has 0 bridgehead atoms. The van der Waals surface area contributed by atoms with Crippen molar-refractivity contribution in [1.29, 1.82) is 0 Å². The van der Waals surface area contributed by atoms with Crippen LogP contribution in [0.1, 0.15) is 23.2 Å². The molecule has 0 radical (unpaired) electrons. The van der Waals surface area contributed by atoms with Gasteiger partial charge in [-0.05, 0) is 18.9 Å². The standard InChI is InChI=1S/C11H13ClN2O2/c12-9-1-4-13-5-8(9)10(16)14-6-11(7-15)2-3-11/h1,4-5,15H,2-3,6-7H2,(H,14,16). The van der Waals surface area contributed by atoms with Crippen LogP contribution in [0.4, 0.5) is 0 Å². The maximum Gasteiger partial charge on any atom is 0.254 e. The van der Waals surface area contributed by atoms with E-state index in [9.17, 15) is 4.79 Å². The van der Waals surface area contributed by atoms with Gasteiger partial charge in [0.15, 0.2) is 0 Å². The Morgan fingerprint density at radius 3 is 2.94 bits per heavy atom. The van der Waals surface area contributed by atoms with Crippen molar-refractivity contribution >= 4 is 17.5 Å². The number of nitrogens with zero attached hydrogens (tertiary/aromatic N) is 1. The first-order chi connectivity index (χ1) is 7.67. The third-order valence-electron chi connectivity index (χ3n) is 2.93. The lowest BCUT2D eigenvalue weighted by Gasteiger charge is -2.12. The molecule has 2 rings (SSSR count). The minimum Gasteiger partial charge on any atom is -0.396 e. The fraction of sp³-hybridized carbons (Fsp3) is 0.455. The number of amides is 1. The highest BCUT2D eigenvalue weighted by molar-refractivity contribution is 6.33. The first-order valence-corrected chi connectivity index (χ1v) is 5.53. The number of halogens is 1. The first kappa shape index (κ1) is 11.4. The number of nitrogens with one attached hydrogen (secondary N) is 1. The second-order valence-corrected chi connectivity index (χ2v) is 4.60. The van der Waals surface area contributed by atoms with Gasteiger partial charge in [0.2, 0.25) is 0 Å². The van der Waals surface area contributed by atoms with E-state index in [0.29, 0.717) is 17.1 Å². The summed E-state index contributed by atoms with van der Waals surface area (Å²) >= 11 is 5.87. The summed E-state index contributed by atoms with van der Waals surface area (Å²) in [6.07, 6.45) is 4.90. The van der Waals surface area contributed by atoms with Crippen LogP contribution in [0.15, 0.2) is 18.5 Å². The fourth-order valence-electron chi connectivity index (χ4n) is 1.48. The Labute approximate surface area is 98.6 Å². The molecule has 4 nitrogen and oxygen atoms in total. The van der Waals surface area contributed by atoms with E-state index in [-0.39, 0.29) is 17.9 Å². The molecule has 86 valence electrons. The molecule has 5 heteroatoms. The number of rotatable bonds is 4. The summed E-state index contributed by atoms with van der Waals surface area (Å²) in [6.45, 7) is 0.613. The third-order valence-corrected chi connectivity index (χ3v) is 3.26. The second-order valence-electron chi connectivity index (χ2n) is 4.20. The van der Waals surface area contributed by atoms with E-state index in [1.165, 1.54) is 12.4 Å². The molecule has 1 aromatic heterocycles. The monoisotopic (exact) mass is 240 g/mol. The van der Waals surface area contributed by atoms with E-state index in [4.69, 9.17) is 16.7 Å². The average molecular weight is 241 g/mol. The van der Waals surface area contributed by atoms with E-state index < -0.39 is 0 Å². The molecule has 0 unspecified atom stereocenters. The average Bonchev–Trinajstić information content (AvgIpc) is 3.07. The fourth-order valence-corrected chi connectivity index (χ4v) is 1.67. The van der Waals surface area contributed by atoms with Gasteiger partial charge in [0.25, 0.3) is 5.91 Å². The van der Waals surface area contributed by atoms with Gasteiger partial charge < -0.3 is 10.4 Å². The van der Waals surface area contributed by atoms with E-state index in [1.807, 2.05) is 0 Å². The third kappa shape index (κ3) is 2.33. The number of pyridine rings is 1. The van der Waals surface area contributed by atoms with Gasteiger partial charge >= 0.3 is 0 Å². The van der Waals surface area contributed by atoms with Gasteiger partial charge in [-0.15, -0.1) is 0 Å². The molecule has 2 N–H and O–H groups in total. The smallest absolute Gasteiger partial charge is 0.254 e. The highest BCUT2D eigenvalue weighted by Crippen LogP contribution is 2.44. The lowest BCUT2D eigenvalue weighted by molar-refractivity contribution is 0.0935. The predicted octanol–water partition coefficient (Wildman–Crippen LogP) is 1.24. The molecular weight excluding hydrogens is 228 g/mol. The van der Waals surface area contributed by atoms with Gasteiger partial charge in [0, 0.05) is 24.4 Å². The van der Waals surface area contributed by atoms with Crippen LogP contribution in [0.2, 0.25) is 5.02 Å². The van der Waals surface area contributed by atoms with Crippen molar-refractivity contribution in [2.45, 2.75) is 12.8 Å². The topological polar surface area (TPSA) is 62.2 Å². The largest absolute Gasteiger partial charge is 0.396 e. The molecule has 0 spiro atoms. The normalized spacial score (nSPS) is 16.9. The van der Waals surface area contributed by atoms with Gasteiger partial charge in [-0.25, -0.2) is 0 Å². The van der Waals surface area contributed by atoms with Gasteiger partial charge in [0.1, 0.15) is 0 Å². The summed E-state index contributed by atoms with van der Waals surface area (Å²) in [5.41, 5.74) is 0.280. The van der Waals surface area contributed by atoms with Crippen LogP contribution < -0.4 is 5.32 Å². The zero-order chi connectivity index (χ0) is 11.6. The molecule has 1 aliphatic rings. The van der Waals surface area contributed by atoms with E-state index in [1.54, 1.807) is 6.07 Å². The summed E-state index contributed by atoms with van der Waals surface area (Å²) < 4.78 is 0. The summed E-state index contributed by atoms with van der Waals surface area (Å²) in [5.74, 6) is -0.238. The number of hydrogen-bond acceptors (Lipinski definition) is 3. The van der Waals surface area contributed by atoms with Crippen molar-refractivity contribution in [2.75, 3.05) is 13.2 Å². The molecule has 1 amide bonds. The molecule has 0 atom stereocenters. The minimum absolute atomic E-state index is 0.0929. The van der Waals surface area contributed by atoms with Gasteiger partial charge in [-0.1, -0.05) is 11.6 Å². The van der Waals surface area contributed by atoms with Crippen LogP contribution in [0.25, 0.3) is 0 Å². The molecule has 1 heterocycles. The van der Waals surface area contributed by atoms with E-state index in [2.05, 4.69) is 10.3 Å². The molecule has 1 aliphatic carbocycles. The zero-order valence-corrected chi connectivity index (χ0v) is 9.50. The highest BCUT2D eigenvalue weighted by atomic mass is 35.5. The van der Waals surface area contributed by atoms with Gasteiger partial charge in [-0.3, -0.25) is 9.78 Å². The van der Waals surface area contributed by atoms with Crippen molar-refractivity contribution in [1.82, 2.24) is 10.3 Å². The lowest BCUT2D eigenvalue weighted by Crippen LogP contribution is -2.32. The van der Waals surface area contributed by atoms with Gasteiger partial charge in [0.05, 0.1) is 17.2 Å². The molecule has 1 saturated carbocycles. The van der Waals surface area contributed by atoms with E-state index >= 15 is 0 Å². The van der Waals surface area contributed by atoms with Crippen molar-refractivity contribution in [2.24, 2.45) is 5.41 Å². The summed E-state index contributed by atoms with van der Waals surface area (Å²) in [7, 11) is 0. The number of aliphatic hydroxyl groups is 1. The zero-order valence-electron chi connectivity index (χ0n) is 8.74. The number of aliphatic hydroxyl groups excluding tert-OH is 1. The van der Waals surface area contributed by atoms with Crippen LogP contribution >= 0.6 is 11.6 Å². The Morgan fingerprint density at radius 1 is 1.62 bits per heavy atom. The molecular formula is C11H13ClN2O2. The molecule has 0 aromatic carbocycles. The maximum atomic E-state index is 11.7. The van der Waals surface area contributed by atoms with Crippen molar-refractivity contribution in [3.05, 3.63) is 29.0 Å². The number of carbonyl (C=O) groups excluding carboxylic acids is 1. The van der Waals surface area contributed by atoms with Crippen molar-refractivity contribution < 1.29 is 9.90 Å². The number of aromatic nitrogens is 1. The Morgan fingerprint density at radius 2 is 2.38 bits per heavy atom. The van der Waals surface area contributed by atoms with E-state index in [0.717, 1.165) is 12.8 Å². The first-order valence-electron chi connectivity index (χ1n) is 5.15. The quantitative estimate of drug-likeness (QED) is 0.832. The van der Waals surface area contributed by atoms with Crippen molar-refractivity contribution in [3.63, 3.8) is 0 Å².